The molecule has 132 valence electrons. The first-order valence-corrected chi connectivity index (χ1v) is 7.44. The highest BCUT2D eigenvalue weighted by molar-refractivity contribution is 5.68. The van der Waals surface area contributed by atoms with Crippen LogP contribution in [0.1, 0.15) is 24.0 Å². The molecule has 1 heterocycles. The smallest absolute Gasteiger partial charge is 0.330 e. The summed E-state index contributed by atoms with van der Waals surface area (Å²) < 4.78 is 0. The highest BCUT2D eigenvalue weighted by Crippen LogP contribution is 2.20. The van der Waals surface area contributed by atoms with E-state index < -0.39 is 10.9 Å². The molecule has 0 aromatic heterocycles. The maximum absolute atomic E-state index is 11.5. The van der Waals surface area contributed by atoms with E-state index in [0.29, 0.717) is 38.1 Å². The SMILES string of the molecule is O=C(CCCNCc1ccc(CO)c([N+](=O)[O-])c1)ON1OCCO1. The summed E-state index contributed by atoms with van der Waals surface area (Å²) in [5.41, 5.74) is 0.893. The molecule has 1 fully saturated rings. The Morgan fingerprint density at radius 2 is 2.17 bits per heavy atom. The van der Waals surface area contributed by atoms with E-state index in [0.717, 1.165) is 5.56 Å². The fourth-order valence-electron chi connectivity index (χ4n) is 2.06. The van der Waals surface area contributed by atoms with E-state index in [1.54, 1.807) is 6.07 Å². The van der Waals surface area contributed by atoms with Crippen molar-refractivity contribution in [2.45, 2.75) is 26.0 Å². The van der Waals surface area contributed by atoms with Gasteiger partial charge in [-0.25, -0.2) is 9.68 Å². The normalized spacial score (nSPS) is 14.7. The lowest BCUT2D eigenvalue weighted by molar-refractivity contribution is -0.460. The summed E-state index contributed by atoms with van der Waals surface area (Å²) >= 11 is 0. The maximum atomic E-state index is 11.5. The van der Waals surface area contributed by atoms with Crippen LogP contribution in [0.4, 0.5) is 5.69 Å². The minimum atomic E-state index is -0.520. The topological polar surface area (TPSA) is 123 Å². The van der Waals surface area contributed by atoms with Gasteiger partial charge in [0.1, 0.15) is 18.6 Å². The Bertz CT molecular complexity index is 575. The third-order valence-electron chi connectivity index (χ3n) is 3.23. The Hall–Kier alpha value is -2.11. The van der Waals surface area contributed by atoms with Crippen LogP contribution in [0.2, 0.25) is 0 Å². The third kappa shape index (κ3) is 5.51. The number of hydrogen-bond acceptors (Lipinski definition) is 9. The van der Waals surface area contributed by atoms with Gasteiger partial charge in [0, 0.05) is 19.0 Å². The molecule has 0 unspecified atom stereocenters. The first-order valence-electron chi connectivity index (χ1n) is 7.44. The van der Waals surface area contributed by atoms with Gasteiger partial charge in [-0.2, -0.15) is 0 Å². The minimum absolute atomic E-state index is 0.106. The summed E-state index contributed by atoms with van der Waals surface area (Å²) in [5, 5.41) is 23.8. The lowest BCUT2D eigenvalue weighted by atomic mass is 10.1. The van der Waals surface area contributed by atoms with Crippen molar-refractivity contribution in [1.29, 1.82) is 0 Å². The summed E-state index contributed by atoms with van der Waals surface area (Å²) in [6.45, 7) is 1.26. The summed E-state index contributed by atoms with van der Waals surface area (Å²) in [5.74, 6) is -0.471. The molecule has 24 heavy (non-hydrogen) atoms. The lowest BCUT2D eigenvalue weighted by Gasteiger charge is -2.10. The van der Waals surface area contributed by atoms with Crippen molar-refractivity contribution in [1.82, 2.24) is 10.7 Å². The number of aliphatic hydroxyl groups is 1. The average Bonchev–Trinajstić information content (AvgIpc) is 3.07. The van der Waals surface area contributed by atoms with Crippen LogP contribution in [0, 0.1) is 10.1 Å². The minimum Gasteiger partial charge on any atom is -0.391 e. The van der Waals surface area contributed by atoms with Gasteiger partial charge in [0.25, 0.3) is 5.69 Å². The first-order chi connectivity index (χ1) is 11.6. The standard InChI is InChI=1S/C14H19N3O7/c18-10-12-4-3-11(8-13(12)16(20)21)9-15-5-1-2-14(19)24-17-22-6-7-23-17/h3-4,8,15,18H,1-2,5-7,9-10H2. The summed E-state index contributed by atoms with van der Waals surface area (Å²) in [6.07, 6.45) is 0.712. The monoisotopic (exact) mass is 341 g/mol. The van der Waals surface area contributed by atoms with Gasteiger partial charge < -0.3 is 15.3 Å². The van der Waals surface area contributed by atoms with E-state index in [1.807, 2.05) is 0 Å². The highest BCUT2D eigenvalue weighted by atomic mass is 17.2. The van der Waals surface area contributed by atoms with Crippen LogP contribution in [0.25, 0.3) is 0 Å². The molecule has 1 aliphatic heterocycles. The molecule has 1 aromatic rings. The number of carbonyl (C=O) groups excluding carboxylic acids is 1. The second kappa shape index (κ2) is 9.25. The summed E-state index contributed by atoms with van der Waals surface area (Å²) in [7, 11) is 0. The van der Waals surface area contributed by atoms with E-state index in [9.17, 15) is 14.9 Å². The Morgan fingerprint density at radius 1 is 1.42 bits per heavy atom. The molecule has 1 saturated heterocycles. The number of rotatable bonds is 9. The Kier molecular flexibility index (Phi) is 7.03. The molecule has 0 radical (unpaired) electrons. The van der Waals surface area contributed by atoms with E-state index >= 15 is 0 Å². The van der Waals surface area contributed by atoms with Gasteiger partial charge in [-0.1, -0.05) is 6.07 Å². The molecule has 0 bridgehead atoms. The van der Waals surface area contributed by atoms with Crippen molar-refractivity contribution in [3.05, 3.63) is 39.4 Å². The van der Waals surface area contributed by atoms with Gasteiger partial charge in [0.2, 0.25) is 0 Å². The molecule has 0 atom stereocenters. The van der Waals surface area contributed by atoms with Crippen molar-refractivity contribution < 1.29 is 29.3 Å². The number of aliphatic hydroxyl groups excluding tert-OH is 1. The van der Waals surface area contributed by atoms with E-state index in [-0.39, 0.29) is 24.3 Å². The maximum Gasteiger partial charge on any atom is 0.330 e. The predicted molar refractivity (Wildman–Crippen MR) is 79.8 cm³/mol. The number of nitro benzene ring substituents is 1. The number of benzene rings is 1. The van der Waals surface area contributed by atoms with Gasteiger partial charge in [-0.05, 0) is 24.6 Å². The second-order valence-corrected chi connectivity index (χ2v) is 5.01. The molecular weight excluding hydrogens is 322 g/mol. The van der Waals surface area contributed by atoms with Crippen molar-refractivity contribution in [2.75, 3.05) is 19.8 Å². The quantitative estimate of drug-likeness (QED) is 0.377. The number of nitro groups is 1. The highest BCUT2D eigenvalue weighted by Gasteiger charge is 2.18. The summed E-state index contributed by atoms with van der Waals surface area (Å²) in [4.78, 5) is 36.3. The number of nitrogens with one attached hydrogen (secondary N) is 1. The molecule has 10 heteroatoms. The first kappa shape index (κ1) is 18.2. The Balaban J connectivity index is 1.67. The van der Waals surface area contributed by atoms with Crippen LogP contribution in [0.5, 0.6) is 0 Å². The molecule has 0 saturated carbocycles. The van der Waals surface area contributed by atoms with E-state index in [2.05, 4.69) is 5.32 Å². The van der Waals surface area contributed by atoms with Crippen LogP contribution in [-0.4, -0.2) is 41.1 Å². The average molecular weight is 341 g/mol. The zero-order valence-electron chi connectivity index (χ0n) is 13.0. The van der Waals surface area contributed by atoms with Crippen LogP contribution in [-0.2, 0) is 32.5 Å². The molecule has 2 rings (SSSR count). The summed E-state index contributed by atoms with van der Waals surface area (Å²) in [6, 6.07) is 4.67. The molecular formula is C14H19N3O7. The van der Waals surface area contributed by atoms with Crippen molar-refractivity contribution in [3.8, 4) is 0 Å². The molecule has 0 amide bonds. The number of hydrogen-bond donors (Lipinski definition) is 2. The van der Waals surface area contributed by atoms with Crippen molar-refractivity contribution in [3.63, 3.8) is 0 Å². The molecule has 2 N–H and O–H groups in total. The predicted octanol–water partition coefficient (Wildman–Crippen LogP) is 0.594. The molecule has 1 aliphatic rings. The van der Waals surface area contributed by atoms with Crippen molar-refractivity contribution in [2.24, 2.45) is 0 Å². The molecule has 0 spiro atoms. The lowest BCUT2D eigenvalue weighted by Crippen LogP contribution is -2.23. The van der Waals surface area contributed by atoms with Gasteiger partial charge in [0.05, 0.1) is 17.1 Å². The van der Waals surface area contributed by atoms with E-state index in [1.165, 1.54) is 12.1 Å². The number of carbonyl (C=O) groups is 1. The fourth-order valence-corrected chi connectivity index (χ4v) is 2.06. The van der Waals surface area contributed by atoms with Crippen LogP contribution in [0.3, 0.4) is 0 Å². The van der Waals surface area contributed by atoms with Gasteiger partial charge >= 0.3 is 5.97 Å². The van der Waals surface area contributed by atoms with Crippen LogP contribution in [0.15, 0.2) is 18.2 Å². The second-order valence-electron chi connectivity index (χ2n) is 5.01. The Morgan fingerprint density at radius 3 is 2.83 bits per heavy atom. The molecule has 10 nitrogen and oxygen atoms in total. The van der Waals surface area contributed by atoms with E-state index in [4.69, 9.17) is 19.6 Å². The third-order valence-corrected chi connectivity index (χ3v) is 3.23. The Labute approximate surface area is 137 Å². The molecule has 0 aliphatic carbocycles. The van der Waals surface area contributed by atoms with Crippen LogP contribution >= 0.6 is 0 Å². The molecule has 1 aromatic carbocycles. The zero-order chi connectivity index (χ0) is 17.4. The van der Waals surface area contributed by atoms with Gasteiger partial charge in [-0.3, -0.25) is 14.9 Å². The largest absolute Gasteiger partial charge is 0.391 e. The number of nitrogens with zero attached hydrogens (tertiary/aromatic N) is 2. The van der Waals surface area contributed by atoms with Crippen molar-refractivity contribution >= 4 is 11.7 Å². The fraction of sp³-hybridized carbons (Fsp3) is 0.500. The zero-order valence-corrected chi connectivity index (χ0v) is 13.0. The van der Waals surface area contributed by atoms with Gasteiger partial charge in [0.15, 0.2) is 0 Å². The van der Waals surface area contributed by atoms with Crippen LogP contribution < -0.4 is 5.32 Å². The van der Waals surface area contributed by atoms with Gasteiger partial charge in [-0.15, -0.1) is 0 Å².